The lowest BCUT2D eigenvalue weighted by molar-refractivity contribution is -0.123. The Labute approximate surface area is 182 Å². The highest BCUT2D eigenvalue weighted by Crippen LogP contribution is 2.34. The first kappa shape index (κ1) is 19.4. The molecule has 1 saturated heterocycles. The van der Waals surface area contributed by atoms with E-state index in [9.17, 15) is 14.4 Å². The standard InChI is InChI=1S/C24H19N3O3S/c1-25-19-10-8-15(12-20(19)26(2)23(25)29)13-21-22(28)27(24(30)31-21)14-16-7-9-17-5-3-4-6-18(17)11-16/h3-13H,14H2,1-2H3/b21-13-. The van der Waals surface area contributed by atoms with Crippen LogP contribution in [-0.4, -0.2) is 25.2 Å². The van der Waals surface area contributed by atoms with Crippen molar-refractivity contribution in [1.82, 2.24) is 14.0 Å². The maximum absolute atomic E-state index is 12.9. The predicted octanol–water partition coefficient (Wildman–Crippen LogP) is 4.27. The third-order valence-electron chi connectivity index (χ3n) is 5.62. The molecule has 1 aromatic heterocycles. The minimum atomic E-state index is -0.301. The fourth-order valence-corrected chi connectivity index (χ4v) is 4.76. The molecule has 4 aromatic rings. The van der Waals surface area contributed by atoms with E-state index in [1.807, 2.05) is 60.7 Å². The first-order chi connectivity index (χ1) is 14.9. The molecule has 1 fully saturated rings. The first-order valence-corrected chi connectivity index (χ1v) is 10.6. The molecule has 0 spiro atoms. The molecule has 0 atom stereocenters. The van der Waals surface area contributed by atoms with Gasteiger partial charge in [0.1, 0.15) is 0 Å². The number of amides is 2. The van der Waals surface area contributed by atoms with Crippen molar-refractivity contribution in [2.45, 2.75) is 6.54 Å². The third-order valence-corrected chi connectivity index (χ3v) is 6.53. The second-order valence-electron chi connectivity index (χ2n) is 7.60. The van der Waals surface area contributed by atoms with Gasteiger partial charge in [-0.1, -0.05) is 42.5 Å². The minimum Gasteiger partial charge on any atom is -0.295 e. The Morgan fingerprint density at radius 1 is 0.839 bits per heavy atom. The number of nitrogens with zero attached hydrogens (tertiary/aromatic N) is 3. The van der Waals surface area contributed by atoms with Gasteiger partial charge >= 0.3 is 5.69 Å². The molecule has 0 radical (unpaired) electrons. The van der Waals surface area contributed by atoms with Gasteiger partial charge < -0.3 is 0 Å². The first-order valence-electron chi connectivity index (χ1n) is 9.81. The van der Waals surface area contributed by atoms with Crippen molar-refractivity contribution in [1.29, 1.82) is 0 Å². The molecule has 31 heavy (non-hydrogen) atoms. The summed E-state index contributed by atoms with van der Waals surface area (Å²) in [6.45, 7) is 0.235. The summed E-state index contributed by atoms with van der Waals surface area (Å²) in [4.78, 5) is 39.3. The Balaban J connectivity index is 1.44. The van der Waals surface area contributed by atoms with E-state index in [0.717, 1.165) is 44.7 Å². The van der Waals surface area contributed by atoms with Gasteiger partial charge in [-0.25, -0.2) is 4.79 Å². The fourth-order valence-electron chi connectivity index (χ4n) is 3.92. The normalized spacial score (nSPS) is 15.7. The zero-order valence-corrected chi connectivity index (χ0v) is 17.8. The van der Waals surface area contributed by atoms with Crippen molar-refractivity contribution in [3.8, 4) is 0 Å². The van der Waals surface area contributed by atoms with E-state index in [4.69, 9.17) is 0 Å². The topological polar surface area (TPSA) is 64.3 Å². The maximum atomic E-state index is 12.9. The molecule has 0 aliphatic carbocycles. The van der Waals surface area contributed by atoms with Crippen LogP contribution < -0.4 is 5.69 Å². The van der Waals surface area contributed by atoms with Crippen LogP contribution in [0.4, 0.5) is 4.79 Å². The summed E-state index contributed by atoms with van der Waals surface area (Å²) < 4.78 is 3.15. The second-order valence-corrected chi connectivity index (χ2v) is 8.59. The van der Waals surface area contributed by atoms with E-state index >= 15 is 0 Å². The number of aromatic nitrogens is 2. The number of benzene rings is 3. The van der Waals surface area contributed by atoms with E-state index in [-0.39, 0.29) is 23.4 Å². The SMILES string of the molecule is Cn1c(=O)n(C)c2cc(/C=C3\SC(=O)N(Cc4ccc5ccccc5c4)C3=O)ccc21. The minimum absolute atomic E-state index is 0.108. The average Bonchev–Trinajstić information content (AvgIpc) is 3.16. The van der Waals surface area contributed by atoms with Gasteiger partial charge in [-0.3, -0.25) is 23.6 Å². The third kappa shape index (κ3) is 3.27. The Morgan fingerprint density at radius 2 is 1.58 bits per heavy atom. The van der Waals surface area contributed by atoms with Crippen LogP contribution in [0.25, 0.3) is 27.9 Å². The molecule has 1 aliphatic heterocycles. The number of rotatable bonds is 3. The zero-order valence-electron chi connectivity index (χ0n) is 17.0. The molecule has 2 amide bonds. The van der Waals surface area contributed by atoms with Gasteiger partial charge in [0.15, 0.2) is 0 Å². The van der Waals surface area contributed by atoms with Crippen LogP contribution in [0.3, 0.4) is 0 Å². The van der Waals surface area contributed by atoms with Crippen LogP contribution in [0.2, 0.25) is 0 Å². The van der Waals surface area contributed by atoms with Gasteiger partial charge in [-0.2, -0.15) is 0 Å². The molecule has 154 valence electrons. The molecule has 0 saturated carbocycles. The molecule has 0 unspecified atom stereocenters. The lowest BCUT2D eigenvalue weighted by atomic mass is 10.1. The molecule has 7 heteroatoms. The predicted molar refractivity (Wildman–Crippen MR) is 124 cm³/mol. The molecule has 0 N–H and O–H groups in total. The summed E-state index contributed by atoms with van der Waals surface area (Å²) in [5.74, 6) is -0.301. The molecule has 6 nitrogen and oxygen atoms in total. The quantitative estimate of drug-likeness (QED) is 0.457. The number of fused-ring (bicyclic) bond motifs is 2. The van der Waals surface area contributed by atoms with Gasteiger partial charge in [-0.15, -0.1) is 0 Å². The Bertz CT molecular complexity index is 1480. The van der Waals surface area contributed by atoms with Crippen molar-refractivity contribution >= 4 is 50.8 Å². The van der Waals surface area contributed by atoms with Gasteiger partial charge in [0.05, 0.1) is 22.5 Å². The smallest absolute Gasteiger partial charge is 0.295 e. The number of aryl methyl sites for hydroxylation is 2. The fraction of sp³-hybridized carbons (Fsp3) is 0.125. The van der Waals surface area contributed by atoms with E-state index < -0.39 is 0 Å². The average molecular weight is 430 g/mol. The van der Waals surface area contributed by atoms with Crippen LogP contribution in [-0.2, 0) is 25.4 Å². The summed E-state index contributed by atoms with van der Waals surface area (Å²) in [6, 6.07) is 19.5. The molecule has 3 aromatic carbocycles. The summed E-state index contributed by atoms with van der Waals surface area (Å²) in [5.41, 5.74) is 3.15. The Morgan fingerprint density at radius 3 is 2.39 bits per heavy atom. The van der Waals surface area contributed by atoms with Crippen molar-refractivity contribution < 1.29 is 9.59 Å². The van der Waals surface area contributed by atoms with E-state index in [1.165, 1.54) is 4.90 Å². The maximum Gasteiger partial charge on any atom is 0.328 e. The van der Waals surface area contributed by atoms with Gasteiger partial charge in [0.2, 0.25) is 0 Å². The molecule has 5 rings (SSSR count). The number of carbonyl (C=O) groups excluding carboxylic acids is 2. The van der Waals surface area contributed by atoms with Gasteiger partial charge in [0.25, 0.3) is 11.1 Å². The monoisotopic (exact) mass is 429 g/mol. The van der Waals surface area contributed by atoms with E-state index in [0.29, 0.717) is 4.91 Å². The molecule has 2 heterocycles. The largest absolute Gasteiger partial charge is 0.328 e. The van der Waals surface area contributed by atoms with Crippen molar-refractivity contribution in [3.63, 3.8) is 0 Å². The number of carbonyl (C=O) groups is 2. The number of hydrogen-bond donors (Lipinski definition) is 0. The van der Waals surface area contributed by atoms with Crippen LogP contribution in [0.1, 0.15) is 11.1 Å². The Kier molecular flexibility index (Phi) is 4.55. The van der Waals surface area contributed by atoms with E-state index in [1.54, 1.807) is 29.3 Å². The lowest BCUT2D eigenvalue weighted by Crippen LogP contribution is -2.27. The van der Waals surface area contributed by atoms with Crippen molar-refractivity contribution in [3.05, 3.63) is 87.2 Å². The number of imidazole rings is 1. The molecular weight excluding hydrogens is 410 g/mol. The molecular formula is C24H19N3O3S. The zero-order chi connectivity index (χ0) is 21.7. The number of thioether (sulfide) groups is 1. The summed E-state index contributed by atoms with van der Waals surface area (Å²) >= 11 is 0.942. The van der Waals surface area contributed by atoms with E-state index in [2.05, 4.69) is 0 Å². The van der Waals surface area contributed by atoms with Gasteiger partial charge in [0, 0.05) is 14.1 Å². The summed E-state index contributed by atoms with van der Waals surface area (Å²) in [5, 5.41) is 1.91. The highest BCUT2D eigenvalue weighted by atomic mass is 32.2. The van der Waals surface area contributed by atoms with Crippen molar-refractivity contribution in [2.24, 2.45) is 14.1 Å². The summed E-state index contributed by atoms with van der Waals surface area (Å²) in [7, 11) is 3.44. The van der Waals surface area contributed by atoms with Crippen LogP contribution in [0.5, 0.6) is 0 Å². The van der Waals surface area contributed by atoms with Gasteiger partial charge in [-0.05, 0) is 57.9 Å². The molecule has 1 aliphatic rings. The Hall–Kier alpha value is -3.58. The summed E-state index contributed by atoms with van der Waals surface area (Å²) in [6.07, 6.45) is 1.71. The highest BCUT2D eigenvalue weighted by molar-refractivity contribution is 8.18. The lowest BCUT2D eigenvalue weighted by Gasteiger charge is -2.13. The highest BCUT2D eigenvalue weighted by Gasteiger charge is 2.35. The van der Waals surface area contributed by atoms with Crippen LogP contribution in [0, 0.1) is 0 Å². The van der Waals surface area contributed by atoms with Crippen molar-refractivity contribution in [2.75, 3.05) is 0 Å². The molecule has 0 bridgehead atoms. The second kappa shape index (κ2) is 7.28. The van der Waals surface area contributed by atoms with Crippen LogP contribution >= 0.6 is 11.8 Å². The number of hydrogen-bond acceptors (Lipinski definition) is 4. The number of imide groups is 1. The van der Waals surface area contributed by atoms with Crippen LogP contribution in [0.15, 0.2) is 70.4 Å².